The van der Waals surface area contributed by atoms with Crippen molar-refractivity contribution in [2.45, 2.75) is 39.2 Å². The second kappa shape index (κ2) is 7.24. The predicted octanol–water partition coefficient (Wildman–Crippen LogP) is 2.71. The third-order valence-electron chi connectivity index (χ3n) is 4.94. The first kappa shape index (κ1) is 16.8. The van der Waals surface area contributed by atoms with Crippen LogP contribution in [-0.2, 0) is 4.79 Å². The Labute approximate surface area is 144 Å². The molecule has 1 N–H and O–H groups in total. The molecule has 1 aliphatic carbocycles. The van der Waals surface area contributed by atoms with Crippen molar-refractivity contribution in [3.8, 4) is 0 Å². The van der Waals surface area contributed by atoms with Crippen LogP contribution in [-0.4, -0.2) is 47.9 Å². The second-order valence-electron chi connectivity index (χ2n) is 7.02. The summed E-state index contributed by atoms with van der Waals surface area (Å²) in [4.78, 5) is 28.5. The van der Waals surface area contributed by atoms with Gasteiger partial charge < -0.3 is 15.1 Å². The van der Waals surface area contributed by atoms with Crippen molar-refractivity contribution in [3.63, 3.8) is 0 Å². The molecule has 1 aromatic carbocycles. The Hall–Kier alpha value is -2.04. The van der Waals surface area contributed by atoms with Crippen LogP contribution in [0.5, 0.6) is 0 Å². The fourth-order valence-corrected chi connectivity index (χ4v) is 3.14. The number of nitrogens with one attached hydrogen (secondary N) is 1. The molecule has 1 heterocycles. The van der Waals surface area contributed by atoms with Gasteiger partial charge in [-0.2, -0.15) is 0 Å². The minimum absolute atomic E-state index is 0.0226. The molecular weight excluding hydrogens is 302 g/mol. The number of nitrogens with zero attached hydrogens (tertiary/aromatic N) is 2. The summed E-state index contributed by atoms with van der Waals surface area (Å²) in [7, 11) is 0. The van der Waals surface area contributed by atoms with Crippen molar-refractivity contribution >= 4 is 11.9 Å². The monoisotopic (exact) mass is 329 g/mol. The molecule has 1 saturated heterocycles. The maximum atomic E-state index is 12.5. The first-order chi connectivity index (χ1) is 11.5. The summed E-state index contributed by atoms with van der Waals surface area (Å²) in [5, 5.41) is 3.08. The van der Waals surface area contributed by atoms with Gasteiger partial charge >= 0.3 is 6.03 Å². The van der Waals surface area contributed by atoms with Crippen LogP contribution in [0.2, 0.25) is 0 Å². The molecule has 3 amide bonds. The topological polar surface area (TPSA) is 52.7 Å². The number of aryl methyl sites for hydroxylation is 1. The largest absolute Gasteiger partial charge is 0.341 e. The Balaban J connectivity index is 1.53. The highest BCUT2D eigenvalue weighted by atomic mass is 16.2. The summed E-state index contributed by atoms with van der Waals surface area (Å²) < 4.78 is 0. The number of hydrogen-bond donors (Lipinski definition) is 1. The van der Waals surface area contributed by atoms with Crippen LogP contribution in [0.25, 0.3) is 0 Å². The van der Waals surface area contributed by atoms with Crippen molar-refractivity contribution < 1.29 is 9.59 Å². The minimum atomic E-state index is -0.0382. The van der Waals surface area contributed by atoms with Crippen molar-refractivity contribution in [1.82, 2.24) is 15.1 Å². The molecule has 2 fully saturated rings. The van der Waals surface area contributed by atoms with Gasteiger partial charge in [-0.05, 0) is 38.7 Å². The molecule has 0 bridgehead atoms. The molecule has 130 valence electrons. The van der Waals surface area contributed by atoms with Crippen molar-refractivity contribution in [3.05, 3.63) is 35.4 Å². The van der Waals surface area contributed by atoms with Crippen LogP contribution in [0, 0.1) is 12.8 Å². The maximum Gasteiger partial charge on any atom is 0.317 e. The SMILES string of the molecule is Cc1ccc(C(C)NC(=O)N2CCCN(C(=O)C3CC3)CC2)cc1. The number of carbonyl (C=O) groups is 2. The number of hydrogen-bond acceptors (Lipinski definition) is 2. The Morgan fingerprint density at radius 2 is 1.67 bits per heavy atom. The van der Waals surface area contributed by atoms with E-state index in [2.05, 4.69) is 36.5 Å². The molecule has 5 nitrogen and oxygen atoms in total. The minimum Gasteiger partial charge on any atom is -0.341 e. The molecule has 1 saturated carbocycles. The van der Waals surface area contributed by atoms with Crippen LogP contribution in [0.4, 0.5) is 4.79 Å². The van der Waals surface area contributed by atoms with Gasteiger partial charge in [0.25, 0.3) is 0 Å². The highest BCUT2D eigenvalue weighted by Gasteiger charge is 2.34. The fourth-order valence-electron chi connectivity index (χ4n) is 3.14. The summed E-state index contributed by atoms with van der Waals surface area (Å²) in [5.41, 5.74) is 2.32. The first-order valence-electron chi connectivity index (χ1n) is 8.95. The van der Waals surface area contributed by atoms with Gasteiger partial charge in [0.2, 0.25) is 5.91 Å². The standard InChI is InChI=1S/C19H27N3O2/c1-14-4-6-16(7-5-14)15(2)20-19(24)22-11-3-10-21(12-13-22)18(23)17-8-9-17/h4-7,15,17H,3,8-13H2,1-2H3,(H,20,24). The van der Waals surface area contributed by atoms with Gasteiger partial charge in [0, 0.05) is 32.1 Å². The number of amides is 3. The Kier molecular flexibility index (Phi) is 5.07. The zero-order chi connectivity index (χ0) is 17.1. The molecule has 0 aromatic heterocycles. The summed E-state index contributed by atoms with van der Waals surface area (Å²) in [6, 6.07) is 8.17. The van der Waals surface area contributed by atoms with E-state index >= 15 is 0 Å². The van der Waals surface area contributed by atoms with E-state index in [0.29, 0.717) is 19.6 Å². The lowest BCUT2D eigenvalue weighted by Gasteiger charge is -2.24. The Morgan fingerprint density at radius 1 is 1.04 bits per heavy atom. The average Bonchev–Trinajstić information content (AvgIpc) is 3.41. The van der Waals surface area contributed by atoms with Gasteiger partial charge in [-0.1, -0.05) is 29.8 Å². The molecule has 24 heavy (non-hydrogen) atoms. The van der Waals surface area contributed by atoms with Crippen molar-refractivity contribution in [2.75, 3.05) is 26.2 Å². The molecule has 1 unspecified atom stereocenters. The summed E-state index contributed by atoms with van der Waals surface area (Å²) >= 11 is 0. The molecule has 0 spiro atoms. The van der Waals surface area contributed by atoms with E-state index in [0.717, 1.165) is 31.4 Å². The van der Waals surface area contributed by atoms with Gasteiger partial charge in [-0.15, -0.1) is 0 Å². The highest BCUT2D eigenvalue weighted by Crippen LogP contribution is 2.31. The molecule has 1 atom stereocenters. The molecule has 1 aromatic rings. The summed E-state index contributed by atoms with van der Waals surface area (Å²) in [6.45, 7) is 6.81. The smallest absolute Gasteiger partial charge is 0.317 e. The van der Waals surface area contributed by atoms with Crippen LogP contribution < -0.4 is 5.32 Å². The fraction of sp³-hybridized carbons (Fsp3) is 0.579. The average molecular weight is 329 g/mol. The zero-order valence-corrected chi connectivity index (χ0v) is 14.6. The lowest BCUT2D eigenvalue weighted by atomic mass is 10.1. The lowest BCUT2D eigenvalue weighted by molar-refractivity contribution is -0.132. The summed E-state index contributed by atoms with van der Waals surface area (Å²) in [5.74, 6) is 0.539. The van der Waals surface area contributed by atoms with Crippen LogP contribution in [0.15, 0.2) is 24.3 Å². The van der Waals surface area contributed by atoms with Gasteiger partial charge in [0.05, 0.1) is 6.04 Å². The number of benzene rings is 1. The normalized spacial score (nSPS) is 19.6. The predicted molar refractivity (Wildman–Crippen MR) is 93.6 cm³/mol. The van der Waals surface area contributed by atoms with Crippen molar-refractivity contribution in [2.24, 2.45) is 5.92 Å². The van der Waals surface area contributed by atoms with Gasteiger partial charge in [-0.3, -0.25) is 4.79 Å². The van der Waals surface area contributed by atoms with E-state index in [1.54, 1.807) is 0 Å². The Bertz CT molecular complexity index is 595. The van der Waals surface area contributed by atoms with E-state index in [-0.39, 0.29) is 23.9 Å². The third-order valence-corrected chi connectivity index (χ3v) is 4.94. The maximum absolute atomic E-state index is 12.5. The Morgan fingerprint density at radius 3 is 2.33 bits per heavy atom. The zero-order valence-electron chi connectivity index (χ0n) is 14.6. The molecule has 2 aliphatic rings. The van der Waals surface area contributed by atoms with E-state index in [1.165, 1.54) is 5.56 Å². The van der Waals surface area contributed by atoms with E-state index in [4.69, 9.17) is 0 Å². The molecular formula is C19H27N3O2. The number of urea groups is 1. The lowest BCUT2D eigenvalue weighted by Crippen LogP contribution is -2.43. The van der Waals surface area contributed by atoms with E-state index in [1.807, 2.05) is 16.7 Å². The molecule has 1 aliphatic heterocycles. The van der Waals surface area contributed by atoms with Crippen LogP contribution in [0.1, 0.15) is 43.4 Å². The van der Waals surface area contributed by atoms with E-state index in [9.17, 15) is 9.59 Å². The number of carbonyl (C=O) groups excluding carboxylic acids is 2. The molecule has 0 radical (unpaired) electrons. The van der Waals surface area contributed by atoms with Gasteiger partial charge in [0.1, 0.15) is 0 Å². The van der Waals surface area contributed by atoms with Gasteiger partial charge in [-0.25, -0.2) is 4.79 Å². The van der Waals surface area contributed by atoms with Crippen LogP contribution >= 0.6 is 0 Å². The van der Waals surface area contributed by atoms with Gasteiger partial charge in [0.15, 0.2) is 0 Å². The molecule has 3 rings (SSSR count). The quantitative estimate of drug-likeness (QED) is 0.927. The highest BCUT2D eigenvalue weighted by molar-refractivity contribution is 5.81. The van der Waals surface area contributed by atoms with Crippen molar-refractivity contribution in [1.29, 1.82) is 0 Å². The molecule has 5 heteroatoms. The van der Waals surface area contributed by atoms with E-state index < -0.39 is 0 Å². The first-order valence-corrected chi connectivity index (χ1v) is 8.95. The third kappa shape index (κ3) is 4.08. The number of rotatable bonds is 3. The van der Waals surface area contributed by atoms with Crippen LogP contribution in [0.3, 0.4) is 0 Å². The summed E-state index contributed by atoms with van der Waals surface area (Å²) in [6.07, 6.45) is 2.92. The second-order valence-corrected chi connectivity index (χ2v) is 7.02.